The zero-order valence-corrected chi connectivity index (χ0v) is 18.2. The summed E-state index contributed by atoms with van der Waals surface area (Å²) in [5.74, 6) is 2.54. The maximum atomic E-state index is 12.6. The monoisotopic (exact) mass is 399 g/mol. The van der Waals surface area contributed by atoms with Crippen LogP contribution in [0.3, 0.4) is 0 Å². The number of carbonyl (C=O) groups excluding carboxylic acids is 1. The second-order valence-electron chi connectivity index (χ2n) is 7.21. The van der Waals surface area contributed by atoms with Gasteiger partial charge in [-0.05, 0) is 61.6 Å². The minimum Gasteiger partial charge on any atom is -0.497 e. The molecule has 5 heteroatoms. The third kappa shape index (κ3) is 6.70. The highest BCUT2D eigenvalue weighted by molar-refractivity contribution is 5.76. The molecule has 0 radical (unpaired) electrons. The van der Waals surface area contributed by atoms with Crippen molar-refractivity contribution in [2.75, 3.05) is 20.3 Å². The molecule has 0 bridgehead atoms. The Morgan fingerprint density at radius 3 is 2.21 bits per heavy atom. The van der Waals surface area contributed by atoms with Crippen molar-refractivity contribution in [1.82, 2.24) is 5.32 Å². The maximum Gasteiger partial charge on any atom is 0.220 e. The Labute approximate surface area is 174 Å². The van der Waals surface area contributed by atoms with Gasteiger partial charge in [0.2, 0.25) is 5.91 Å². The van der Waals surface area contributed by atoms with E-state index in [1.54, 1.807) is 7.11 Å². The smallest absolute Gasteiger partial charge is 0.220 e. The maximum absolute atomic E-state index is 12.6. The number of carbonyl (C=O) groups is 1. The van der Waals surface area contributed by atoms with E-state index in [4.69, 9.17) is 14.2 Å². The number of benzene rings is 2. The standard InChI is InChI=1S/C24H33NO4/c1-6-28-21-14-11-19(16-22(21)29-7-2)24(17(3)4)25-23(26)15-10-18-8-12-20(27-5)13-9-18/h8-9,11-14,16-17,24H,6-7,10,15H2,1-5H3,(H,25,26). The Hall–Kier alpha value is -2.69. The third-order valence-electron chi connectivity index (χ3n) is 4.71. The summed E-state index contributed by atoms with van der Waals surface area (Å²) >= 11 is 0. The summed E-state index contributed by atoms with van der Waals surface area (Å²) in [6, 6.07) is 13.6. The van der Waals surface area contributed by atoms with Gasteiger partial charge >= 0.3 is 0 Å². The van der Waals surface area contributed by atoms with E-state index < -0.39 is 0 Å². The first-order valence-corrected chi connectivity index (χ1v) is 10.3. The summed E-state index contributed by atoms with van der Waals surface area (Å²) in [7, 11) is 1.65. The van der Waals surface area contributed by atoms with Crippen LogP contribution in [0.15, 0.2) is 42.5 Å². The van der Waals surface area contributed by atoms with Crippen LogP contribution in [0.4, 0.5) is 0 Å². The molecule has 0 aromatic heterocycles. The number of nitrogens with one attached hydrogen (secondary N) is 1. The van der Waals surface area contributed by atoms with Gasteiger partial charge in [0, 0.05) is 6.42 Å². The van der Waals surface area contributed by atoms with Crippen molar-refractivity contribution >= 4 is 5.91 Å². The molecule has 0 saturated carbocycles. The Morgan fingerprint density at radius 2 is 1.62 bits per heavy atom. The molecule has 0 fully saturated rings. The molecule has 0 aliphatic heterocycles. The lowest BCUT2D eigenvalue weighted by Gasteiger charge is -2.24. The normalized spacial score (nSPS) is 11.8. The number of hydrogen-bond acceptors (Lipinski definition) is 4. The average Bonchev–Trinajstić information content (AvgIpc) is 2.72. The molecule has 0 heterocycles. The Bertz CT molecular complexity index is 771. The largest absolute Gasteiger partial charge is 0.497 e. The minimum absolute atomic E-state index is 0.0337. The summed E-state index contributed by atoms with van der Waals surface area (Å²) in [5.41, 5.74) is 2.13. The molecule has 2 aromatic rings. The first kappa shape index (κ1) is 22.6. The minimum atomic E-state index is -0.0896. The van der Waals surface area contributed by atoms with Crippen LogP contribution < -0.4 is 19.5 Å². The molecule has 29 heavy (non-hydrogen) atoms. The zero-order chi connectivity index (χ0) is 21.2. The van der Waals surface area contributed by atoms with Gasteiger partial charge in [-0.15, -0.1) is 0 Å². The highest BCUT2D eigenvalue weighted by Gasteiger charge is 2.20. The molecule has 1 unspecified atom stereocenters. The van der Waals surface area contributed by atoms with Crippen LogP contribution in [-0.2, 0) is 11.2 Å². The van der Waals surface area contributed by atoms with Gasteiger partial charge in [0.15, 0.2) is 11.5 Å². The summed E-state index contributed by atoms with van der Waals surface area (Å²) < 4.78 is 16.6. The molecule has 2 aromatic carbocycles. The predicted octanol–water partition coefficient (Wildman–Crippen LogP) is 4.94. The quantitative estimate of drug-likeness (QED) is 0.581. The molecular weight excluding hydrogens is 366 g/mol. The number of methoxy groups -OCH3 is 1. The first-order valence-electron chi connectivity index (χ1n) is 10.3. The van der Waals surface area contributed by atoms with Crippen LogP contribution in [0, 0.1) is 5.92 Å². The molecule has 0 saturated heterocycles. The van der Waals surface area contributed by atoms with Crippen LogP contribution >= 0.6 is 0 Å². The molecular formula is C24H33NO4. The van der Waals surface area contributed by atoms with Crippen molar-refractivity contribution in [3.05, 3.63) is 53.6 Å². The Balaban J connectivity index is 2.06. The SMILES string of the molecule is CCOc1ccc(C(NC(=O)CCc2ccc(OC)cc2)C(C)C)cc1OCC. The zero-order valence-electron chi connectivity index (χ0n) is 18.2. The topological polar surface area (TPSA) is 56.8 Å². The van der Waals surface area contributed by atoms with Gasteiger partial charge in [-0.1, -0.05) is 32.0 Å². The Morgan fingerprint density at radius 1 is 0.966 bits per heavy atom. The van der Waals surface area contributed by atoms with E-state index in [-0.39, 0.29) is 17.9 Å². The fourth-order valence-electron chi connectivity index (χ4n) is 3.19. The number of aryl methyl sites for hydroxylation is 1. The van der Waals surface area contributed by atoms with Gasteiger partial charge < -0.3 is 19.5 Å². The lowest BCUT2D eigenvalue weighted by molar-refractivity contribution is -0.122. The lowest BCUT2D eigenvalue weighted by Crippen LogP contribution is -2.32. The number of hydrogen-bond donors (Lipinski definition) is 1. The lowest BCUT2D eigenvalue weighted by atomic mass is 9.95. The van der Waals surface area contributed by atoms with Crippen LogP contribution in [0.2, 0.25) is 0 Å². The van der Waals surface area contributed by atoms with Gasteiger partial charge in [-0.25, -0.2) is 0 Å². The number of amides is 1. The van der Waals surface area contributed by atoms with Gasteiger partial charge in [-0.3, -0.25) is 4.79 Å². The van der Waals surface area contributed by atoms with E-state index >= 15 is 0 Å². The van der Waals surface area contributed by atoms with Crippen molar-refractivity contribution in [3.63, 3.8) is 0 Å². The van der Waals surface area contributed by atoms with Gasteiger partial charge in [0.25, 0.3) is 0 Å². The van der Waals surface area contributed by atoms with E-state index in [2.05, 4.69) is 19.2 Å². The Kier molecular flexibility index (Phi) is 8.84. The molecule has 158 valence electrons. The van der Waals surface area contributed by atoms with E-state index in [1.165, 1.54) is 0 Å². The van der Waals surface area contributed by atoms with E-state index in [9.17, 15) is 4.79 Å². The van der Waals surface area contributed by atoms with Gasteiger partial charge in [0.1, 0.15) is 5.75 Å². The van der Waals surface area contributed by atoms with Crippen LogP contribution in [-0.4, -0.2) is 26.2 Å². The van der Waals surface area contributed by atoms with Crippen molar-refractivity contribution in [2.24, 2.45) is 5.92 Å². The highest BCUT2D eigenvalue weighted by atomic mass is 16.5. The van der Waals surface area contributed by atoms with Crippen molar-refractivity contribution in [3.8, 4) is 17.2 Å². The van der Waals surface area contributed by atoms with E-state index in [0.717, 1.165) is 22.6 Å². The summed E-state index contributed by atoms with van der Waals surface area (Å²) in [4.78, 5) is 12.6. The molecule has 0 aliphatic carbocycles. The van der Waals surface area contributed by atoms with E-state index in [0.29, 0.717) is 31.8 Å². The second-order valence-corrected chi connectivity index (χ2v) is 7.21. The van der Waals surface area contributed by atoms with Crippen LogP contribution in [0.1, 0.15) is 51.3 Å². The predicted molar refractivity (Wildman–Crippen MR) is 116 cm³/mol. The van der Waals surface area contributed by atoms with E-state index in [1.807, 2.05) is 56.3 Å². The van der Waals surface area contributed by atoms with Crippen molar-refractivity contribution in [1.29, 1.82) is 0 Å². The summed E-state index contributed by atoms with van der Waals surface area (Å²) in [6.45, 7) is 9.24. The highest BCUT2D eigenvalue weighted by Crippen LogP contribution is 2.33. The summed E-state index contributed by atoms with van der Waals surface area (Å²) in [6.07, 6.45) is 1.12. The number of ether oxygens (including phenoxy) is 3. The van der Waals surface area contributed by atoms with Gasteiger partial charge in [0.05, 0.1) is 26.4 Å². The van der Waals surface area contributed by atoms with Crippen LogP contribution in [0.25, 0.3) is 0 Å². The second kappa shape index (κ2) is 11.3. The first-order chi connectivity index (χ1) is 14.0. The molecule has 1 amide bonds. The van der Waals surface area contributed by atoms with Gasteiger partial charge in [-0.2, -0.15) is 0 Å². The third-order valence-corrected chi connectivity index (χ3v) is 4.71. The summed E-state index contributed by atoms with van der Waals surface area (Å²) in [5, 5.41) is 3.19. The van der Waals surface area contributed by atoms with Crippen LogP contribution in [0.5, 0.6) is 17.2 Å². The molecule has 1 atom stereocenters. The molecule has 0 spiro atoms. The van der Waals surface area contributed by atoms with Crippen molar-refractivity contribution in [2.45, 2.75) is 46.6 Å². The molecule has 2 rings (SSSR count). The molecule has 0 aliphatic rings. The molecule has 1 N–H and O–H groups in total. The molecule has 5 nitrogen and oxygen atoms in total. The number of rotatable bonds is 11. The fourth-order valence-corrected chi connectivity index (χ4v) is 3.19. The average molecular weight is 400 g/mol. The fraction of sp³-hybridized carbons (Fsp3) is 0.458. The van der Waals surface area contributed by atoms with Crippen molar-refractivity contribution < 1.29 is 19.0 Å².